The molecule has 7 nitrogen and oxygen atoms in total. The van der Waals surface area contributed by atoms with E-state index in [-0.39, 0.29) is 12.5 Å². The van der Waals surface area contributed by atoms with Crippen molar-refractivity contribution >= 4 is 11.9 Å². The van der Waals surface area contributed by atoms with E-state index in [0.29, 0.717) is 26.4 Å². The quantitative estimate of drug-likeness (QED) is 0.393. The predicted molar refractivity (Wildman–Crippen MR) is 86.5 cm³/mol. The van der Waals surface area contributed by atoms with E-state index >= 15 is 0 Å². The van der Waals surface area contributed by atoms with Gasteiger partial charge in [0.1, 0.15) is 13.2 Å². The van der Waals surface area contributed by atoms with Gasteiger partial charge in [-0.2, -0.15) is 0 Å². The first-order chi connectivity index (χ1) is 11.2. The van der Waals surface area contributed by atoms with Crippen molar-refractivity contribution in [3.05, 3.63) is 0 Å². The number of unbranched alkanes of at least 4 members (excludes halogenated alkanes) is 5. The number of rotatable bonds is 17. The molecule has 23 heavy (non-hydrogen) atoms. The highest BCUT2D eigenvalue weighted by Gasteiger charge is 2.02. The van der Waals surface area contributed by atoms with Gasteiger partial charge in [0.15, 0.2) is 0 Å². The third kappa shape index (κ3) is 18.8. The van der Waals surface area contributed by atoms with Gasteiger partial charge in [0, 0.05) is 13.2 Å². The Morgan fingerprint density at radius 1 is 0.826 bits per heavy atom. The van der Waals surface area contributed by atoms with Crippen LogP contribution in [0.2, 0.25) is 0 Å². The van der Waals surface area contributed by atoms with Crippen LogP contribution in [-0.4, -0.2) is 63.2 Å². The average Bonchev–Trinajstić information content (AvgIpc) is 2.51. The van der Waals surface area contributed by atoms with Gasteiger partial charge in [-0.1, -0.05) is 39.0 Å². The summed E-state index contributed by atoms with van der Waals surface area (Å²) in [5.41, 5.74) is 0. The third-order valence-corrected chi connectivity index (χ3v) is 3.04. The smallest absolute Gasteiger partial charge is 0.329 e. The summed E-state index contributed by atoms with van der Waals surface area (Å²) in [7, 11) is 0. The molecule has 0 aliphatic rings. The summed E-state index contributed by atoms with van der Waals surface area (Å²) in [4.78, 5) is 21.4. The third-order valence-electron chi connectivity index (χ3n) is 3.04. The fourth-order valence-corrected chi connectivity index (χ4v) is 1.85. The minimum absolute atomic E-state index is 0.256. The van der Waals surface area contributed by atoms with Crippen LogP contribution < -0.4 is 5.32 Å². The lowest BCUT2D eigenvalue weighted by Crippen LogP contribution is -2.31. The molecule has 0 aromatic rings. The van der Waals surface area contributed by atoms with Crippen LogP contribution in [0, 0.1) is 0 Å². The van der Waals surface area contributed by atoms with E-state index in [1.54, 1.807) is 0 Å². The minimum Gasteiger partial charge on any atom is -0.480 e. The van der Waals surface area contributed by atoms with Gasteiger partial charge in [-0.25, -0.2) is 4.79 Å². The average molecular weight is 333 g/mol. The first-order valence-corrected chi connectivity index (χ1v) is 8.38. The Bertz CT molecular complexity index is 298. The van der Waals surface area contributed by atoms with Crippen molar-refractivity contribution in [1.29, 1.82) is 0 Å². The summed E-state index contributed by atoms with van der Waals surface area (Å²) in [6, 6.07) is 0. The zero-order valence-electron chi connectivity index (χ0n) is 14.2. The number of carboxylic acids is 1. The fourth-order valence-electron chi connectivity index (χ4n) is 1.85. The standard InChI is InChI=1S/C16H31NO6/c1-2-3-4-5-6-7-9-21-11-12-22-10-8-17-15(18)13-23-14-16(19)20/h2-14H2,1H3,(H,17,18)(H,19,20). The number of carboxylic acid groups (broad SMARTS) is 1. The maximum Gasteiger partial charge on any atom is 0.329 e. The maximum absolute atomic E-state index is 11.2. The summed E-state index contributed by atoms with van der Waals surface area (Å²) >= 11 is 0. The highest BCUT2D eigenvalue weighted by molar-refractivity contribution is 5.77. The van der Waals surface area contributed by atoms with Gasteiger partial charge in [-0.15, -0.1) is 0 Å². The van der Waals surface area contributed by atoms with Gasteiger partial charge in [0.2, 0.25) is 5.91 Å². The summed E-state index contributed by atoms with van der Waals surface area (Å²) in [5, 5.41) is 10.9. The molecule has 0 spiro atoms. The molecule has 0 atom stereocenters. The highest BCUT2D eigenvalue weighted by atomic mass is 16.5. The van der Waals surface area contributed by atoms with E-state index in [9.17, 15) is 9.59 Å². The number of nitrogens with one attached hydrogen (secondary N) is 1. The lowest BCUT2D eigenvalue weighted by molar-refractivity contribution is -0.143. The second-order valence-corrected chi connectivity index (χ2v) is 5.23. The van der Waals surface area contributed by atoms with Crippen LogP contribution in [0.5, 0.6) is 0 Å². The van der Waals surface area contributed by atoms with Crippen molar-refractivity contribution in [1.82, 2.24) is 5.32 Å². The van der Waals surface area contributed by atoms with Crippen LogP contribution >= 0.6 is 0 Å². The van der Waals surface area contributed by atoms with Crippen LogP contribution in [0.15, 0.2) is 0 Å². The number of amides is 1. The Balaban J connectivity index is 3.12. The topological polar surface area (TPSA) is 94.1 Å². The number of hydrogen-bond acceptors (Lipinski definition) is 5. The maximum atomic E-state index is 11.2. The van der Waals surface area contributed by atoms with Crippen molar-refractivity contribution in [2.75, 3.05) is 46.2 Å². The molecule has 7 heteroatoms. The van der Waals surface area contributed by atoms with Gasteiger partial charge in [-0.3, -0.25) is 4.79 Å². The molecule has 136 valence electrons. The molecule has 0 saturated heterocycles. The lowest BCUT2D eigenvalue weighted by Gasteiger charge is -2.07. The van der Waals surface area contributed by atoms with Crippen molar-refractivity contribution < 1.29 is 28.9 Å². The molecule has 1 amide bonds. The van der Waals surface area contributed by atoms with Crippen LogP contribution in [0.3, 0.4) is 0 Å². The highest BCUT2D eigenvalue weighted by Crippen LogP contribution is 2.04. The number of carbonyl (C=O) groups excluding carboxylic acids is 1. The zero-order valence-corrected chi connectivity index (χ0v) is 14.2. The van der Waals surface area contributed by atoms with E-state index in [4.69, 9.17) is 14.6 Å². The Kier molecular flexibility index (Phi) is 16.3. The van der Waals surface area contributed by atoms with E-state index < -0.39 is 12.6 Å². The Labute approximate surface area is 138 Å². The van der Waals surface area contributed by atoms with E-state index in [1.165, 1.54) is 32.1 Å². The SMILES string of the molecule is CCCCCCCCOCCOCCNC(=O)COCC(=O)O. The zero-order chi connectivity index (χ0) is 17.2. The minimum atomic E-state index is -1.10. The van der Waals surface area contributed by atoms with Crippen molar-refractivity contribution in [2.24, 2.45) is 0 Å². The number of ether oxygens (including phenoxy) is 3. The second-order valence-electron chi connectivity index (χ2n) is 5.23. The molecular weight excluding hydrogens is 302 g/mol. The molecule has 0 aliphatic heterocycles. The van der Waals surface area contributed by atoms with Crippen LogP contribution in [0.4, 0.5) is 0 Å². The summed E-state index contributed by atoms with van der Waals surface area (Å²) < 4.78 is 15.4. The monoisotopic (exact) mass is 333 g/mol. The van der Waals surface area contributed by atoms with Crippen molar-refractivity contribution in [3.63, 3.8) is 0 Å². The van der Waals surface area contributed by atoms with Crippen LogP contribution in [0.25, 0.3) is 0 Å². The number of aliphatic carboxylic acids is 1. The Morgan fingerprint density at radius 3 is 2.17 bits per heavy atom. The molecule has 0 heterocycles. The molecule has 0 fully saturated rings. The van der Waals surface area contributed by atoms with E-state index in [2.05, 4.69) is 17.0 Å². The van der Waals surface area contributed by atoms with Gasteiger partial charge in [-0.05, 0) is 6.42 Å². The van der Waals surface area contributed by atoms with Crippen LogP contribution in [-0.2, 0) is 23.8 Å². The summed E-state index contributed by atoms with van der Waals surface area (Å²) in [5.74, 6) is -1.45. The Morgan fingerprint density at radius 2 is 1.48 bits per heavy atom. The Hall–Kier alpha value is -1.18. The van der Waals surface area contributed by atoms with Gasteiger partial charge in [0.25, 0.3) is 0 Å². The first-order valence-electron chi connectivity index (χ1n) is 8.38. The molecule has 0 saturated carbocycles. The summed E-state index contributed by atoms with van der Waals surface area (Å²) in [6.45, 7) is 4.08. The molecule has 0 radical (unpaired) electrons. The van der Waals surface area contributed by atoms with Crippen molar-refractivity contribution in [3.8, 4) is 0 Å². The molecule has 0 unspecified atom stereocenters. The van der Waals surface area contributed by atoms with E-state index in [0.717, 1.165) is 13.0 Å². The van der Waals surface area contributed by atoms with E-state index in [1.807, 2.05) is 0 Å². The summed E-state index contributed by atoms with van der Waals surface area (Å²) in [6.07, 6.45) is 7.49. The molecule has 0 bridgehead atoms. The molecule has 0 aromatic carbocycles. The number of hydrogen-bond donors (Lipinski definition) is 2. The molecule has 0 rings (SSSR count). The molecule has 2 N–H and O–H groups in total. The van der Waals surface area contributed by atoms with Gasteiger partial charge >= 0.3 is 5.97 Å². The largest absolute Gasteiger partial charge is 0.480 e. The van der Waals surface area contributed by atoms with Gasteiger partial charge < -0.3 is 24.6 Å². The second kappa shape index (κ2) is 17.2. The molecule has 0 aromatic heterocycles. The fraction of sp³-hybridized carbons (Fsp3) is 0.875. The first kappa shape index (κ1) is 21.8. The molecule has 0 aliphatic carbocycles. The number of carbonyl (C=O) groups is 2. The normalized spacial score (nSPS) is 10.7. The van der Waals surface area contributed by atoms with Crippen LogP contribution in [0.1, 0.15) is 45.4 Å². The molecular formula is C16H31NO6. The van der Waals surface area contributed by atoms with Crippen molar-refractivity contribution in [2.45, 2.75) is 45.4 Å². The lowest BCUT2D eigenvalue weighted by atomic mass is 10.1. The predicted octanol–water partition coefficient (Wildman–Crippen LogP) is 1.60. The van der Waals surface area contributed by atoms with Gasteiger partial charge in [0.05, 0.1) is 19.8 Å².